The third-order valence-electron chi connectivity index (χ3n) is 3.02. The highest BCUT2D eigenvalue weighted by molar-refractivity contribution is 5.79. The lowest BCUT2D eigenvalue weighted by molar-refractivity contribution is -0.161. The van der Waals surface area contributed by atoms with E-state index in [9.17, 15) is 18.0 Å². The van der Waals surface area contributed by atoms with Crippen LogP contribution in [0.5, 0.6) is 0 Å². The van der Waals surface area contributed by atoms with Crippen LogP contribution < -0.4 is 0 Å². The Hall–Kier alpha value is -1.56. The molecule has 1 amide bonds. The zero-order valence-corrected chi connectivity index (χ0v) is 11.5. The van der Waals surface area contributed by atoms with Crippen LogP contribution in [0.2, 0.25) is 0 Å². The summed E-state index contributed by atoms with van der Waals surface area (Å²) in [6.07, 6.45) is -4.56. The van der Waals surface area contributed by atoms with Crippen molar-refractivity contribution in [3.63, 3.8) is 0 Å². The van der Waals surface area contributed by atoms with E-state index in [1.54, 1.807) is 12.1 Å². The molecule has 0 heterocycles. The first-order chi connectivity index (χ1) is 9.23. The number of aliphatic hydroxyl groups excluding tert-OH is 1. The van der Waals surface area contributed by atoms with Crippen LogP contribution >= 0.6 is 0 Å². The SMILES string of the molecule is Cc1ccc(CC(=O)N(CCO)CC(F)(F)F)cc1C. The summed E-state index contributed by atoms with van der Waals surface area (Å²) in [5, 5.41) is 8.77. The number of hydrogen-bond donors (Lipinski definition) is 1. The van der Waals surface area contributed by atoms with Gasteiger partial charge in [-0.3, -0.25) is 4.79 Å². The fraction of sp³-hybridized carbons (Fsp3) is 0.500. The number of rotatable bonds is 5. The van der Waals surface area contributed by atoms with Crippen molar-refractivity contribution >= 4 is 5.91 Å². The van der Waals surface area contributed by atoms with Gasteiger partial charge in [0.05, 0.1) is 13.0 Å². The van der Waals surface area contributed by atoms with E-state index in [0.29, 0.717) is 10.5 Å². The van der Waals surface area contributed by atoms with Crippen LogP contribution in [0.3, 0.4) is 0 Å². The van der Waals surface area contributed by atoms with Crippen molar-refractivity contribution in [3.05, 3.63) is 34.9 Å². The second-order valence-corrected chi connectivity index (χ2v) is 4.75. The minimum Gasteiger partial charge on any atom is -0.395 e. The number of carbonyl (C=O) groups is 1. The number of aryl methyl sites for hydroxylation is 2. The molecule has 0 aliphatic heterocycles. The number of benzene rings is 1. The molecular weight excluding hydrogens is 271 g/mol. The maximum Gasteiger partial charge on any atom is 0.406 e. The lowest BCUT2D eigenvalue weighted by Crippen LogP contribution is -2.41. The molecule has 0 unspecified atom stereocenters. The predicted molar refractivity (Wildman–Crippen MR) is 69.3 cm³/mol. The minimum absolute atomic E-state index is 0.100. The molecular formula is C14H18F3NO2. The van der Waals surface area contributed by atoms with Crippen LogP contribution in [0.1, 0.15) is 16.7 Å². The van der Waals surface area contributed by atoms with E-state index in [1.165, 1.54) is 0 Å². The highest BCUT2D eigenvalue weighted by Crippen LogP contribution is 2.17. The van der Waals surface area contributed by atoms with E-state index in [0.717, 1.165) is 11.1 Å². The molecule has 3 nitrogen and oxygen atoms in total. The quantitative estimate of drug-likeness (QED) is 0.903. The normalized spacial score (nSPS) is 11.5. The van der Waals surface area contributed by atoms with E-state index in [-0.39, 0.29) is 13.0 Å². The summed E-state index contributed by atoms with van der Waals surface area (Å²) in [6, 6.07) is 5.35. The zero-order chi connectivity index (χ0) is 15.3. The summed E-state index contributed by atoms with van der Waals surface area (Å²) in [7, 11) is 0. The van der Waals surface area contributed by atoms with Gasteiger partial charge in [-0.25, -0.2) is 0 Å². The fourth-order valence-electron chi connectivity index (χ4n) is 1.83. The van der Waals surface area contributed by atoms with Crippen LogP contribution in [-0.4, -0.2) is 41.8 Å². The molecule has 0 aliphatic rings. The Bertz CT molecular complexity index is 472. The van der Waals surface area contributed by atoms with Gasteiger partial charge in [0, 0.05) is 6.54 Å². The van der Waals surface area contributed by atoms with E-state index in [1.807, 2.05) is 19.9 Å². The van der Waals surface area contributed by atoms with E-state index in [4.69, 9.17) is 5.11 Å². The van der Waals surface area contributed by atoms with Gasteiger partial charge in [0.1, 0.15) is 6.54 Å². The summed E-state index contributed by atoms with van der Waals surface area (Å²) < 4.78 is 37.1. The second kappa shape index (κ2) is 6.74. The van der Waals surface area contributed by atoms with E-state index >= 15 is 0 Å². The molecule has 0 saturated carbocycles. The predicted octanol–water partition coefficient (Wildman–Crippen LogP) is 2.23. The molecule has 112 valence electrons. The van der Waals surface area contributed by atoms with E-state index in [2.05, 4.69) is 0 Å². The molecule has 0 saturated heterocycles. The third kappa shape index (κ3) is 5.21. The van der Waals surface area contributed by atoms with Crippen molar-refractivity contribution in [3.8, 4) is 0 Å². The molecule has 20 heavy (non-hydrogen) atoms. The molecule has 1 N–H and O–H groups in total. The summed E-state index contributed by atoms with van der Waals surface area (Å²) >= 11 is 0. The van der Waals surface area contributed by atoms with Gasteiger partial charge in [0.25, 0.3) is 0 Å². The van der Waals surface area contributed by atoms with Gasteiger partial charge in [0.2, 0.25) is 5.91 Å². The molecule has 0 atom stereocenters. The summed E-state index contributed by atoms with van der Waals surface area (Å²) in [6.45, 7) is 1.66. The number of aliphatic hydroxyl groups is 1. The van der Waals surface area contributed by atoms with Gasteiger partial charge >= 0.3 is 6.18 Å². The Kier molecular flexibility index (Phi) is 5.56. The Balaban J connectivity index is 2.77. The van der Waals surface area contributed by atoms with Crippen molar-refractivity contribution in [1.82, 2.24) is 4.90 Å². The summed E-state index contributed by atoms with van der Waals surface area (Å²) in [5.41, 5.74) is 2.71. The highest BCUT2D eigenvalue weighted by Gasteiger charge is 2.32. The topological polar surface area (TPSA) is 40.5 Å². The molecule has 0 aromatic heterocycles. The Morgan fingerprint density at radius 2 is 1.90 bits per heavy atom. The number of halogens is 3. The van der Waals surface area contributed by atoms with Crippen LogP contribution in [0, 0.1) is 13.8 Å². The first-order valence-corrected chi connectivity index (χ1v) is 6.24. The van der Waals surface area contributed by atoms with Crippen molar-refractivity contribution in [2.45, 2.75) is 26.4 Å². The van der Waals surface area contributed by atoms with Gasteiger partial charge in [0.15, 0.2) is 0 Å². The molecule has 0 radical (unpaired) electrons. The minimum atomic E-state index is -4.46. The molecule has 0 aliphatic carbocycles. The standard InChI is InChI=1S/C14H18F3NO2/c1-10-3-4-12(7-11(10)2)8-13(20)18(5-6-19)9-14(15,16)17/h3-4,7,19H,5-6,8-9H2,1-2H3. The van der Waals surface area contributed by atoms with Crippen LogP contribution in [0.4, 0.5) is 13.2 Å². The van der Waals surface area contributed by atoms with Crippen molar-refractivity contribution in [1.29, 1.82) is 0 Å². The number of alkyl halides is 3. The second-order valence-electron chi connectivity index (χ2n) is 4.75. The number of hydrogen-bond acceptors (Lipinski definition) is 2. The lowest BCUT2D eigenvalue weighted by Gasteiger charge is -2.23. The fourth-order valence-corrected chi connectivity index (χ4v) is 1.83. The van der Waals surface area contributed by atoms with Gasteiger partial charge in [-0.1, -0.05) is 18.2 Å². The average Bonchev–Trinajstić information content (AvgIpc) is 2.31. The number of amides is 1. The summed E-state index contributed by atoms with van der Waals surface area (Å²) in [4.78, 5) is 12.5. The van der Waals surface area contributed by atoms with Crippen molar-refractivity contribution < 1.29 is 23.1 Å². The molecule has 6 heteroatoms. The molecule has 0 fully saturated rings. The number of carbonyl (C=O) groups excluding carboxylic acids is 1. The highest BCUT2D eigenvalue weighted by atomic mass is 19.4. The maximum absolute atomic E-state index is 12.4. The van der Waals surface area contributed by atoms with Crippen LogP contribution in [0.15, 0.2) is 18.2 Å². The lowest BCUT2D eigenvalue weighted by atomic mass is 10.0. The largest absolute Gasteiger partial charge is 0.406 e. The molecule has 0 bridgehead atoms. The Labute approximate surface area is 116 Å². The third-order valence-corrected chi connectivity index (χ3v) is 3.02. The molecule has 1 rings (SSSR count). The average molecular weight is 289 g/mol. The number of nitrogens with zero attached hydrogens (tertiary/aromatic N) is 1. The first kappa shape index (κ1) is 16.5. The Morgan fingerprint density at radius 1 is 1.25 bits per heavy atom. The molecule has 1 aromatic carbocycles. The monoisotopic (exact) mass is 289 g/mol. The van der Waals surface area contributed by atoms with Crippen molar-refractivity contribution in [2.75, 3.05) is 19.7 Å². The van der Waals surface area contributed by atoms with E-state index < -0.39 is 25.2 Å². The van der Waals surface area contributed by atoms with Gasteiger partial charge in [-0.2, -0.15) is 13.2 Å². The van der Waals surface area contributed by atoms with Crippen molar-refractivity contribution in [2.24, 2.45) is 0 Å². The van der Waals surface area contributed by atoms with Gasteiger partial charge < -0.3 is 10.0 Å². The zero-order valence-electron chi connectivity index (χ0n) is 11.5. The first-order valence-electron chi connectivity index (χ1n) is 6.24. The van der Waals surface area contributed by atoms with Gasteiger partial charge in [-0.15, -0.1) is 0 Å². The van der Waals surface area contributed by atoms with Gasteiger partial charge in [-0.05, 0) is 30.5 Å². The van der Waals surface area contributed by atoms with Crippen LogP contribution in [0.25, 0.3) is 0 Å². The smallest absolute Gasteiger partial charge is 0.395 e. The van der Waals surface area contributed by atoms with Crippen LogP contribution in [-0.2, 0) is 11.2 Å². The molecule has 1 aromatic rings. The maximum atomic E-state index is 12.4. The summed E-state index contributed by atoms with van der Waals surface area (Å²) in [5.74, 6) is -0.639. The Morgan fingerprint density at radius 3 is 2.40 bits per heavy atom. The molecule has 0 spiro atoms.